The van der Waals surface area contributed by atoms with Crippen molar-refractivity contribution in [2.45, 2.75) is 36.6 Å². The van der Waals surface area contributed by atoms with Crippen LogP contribution in [0.4, 0.5) is 4.39 Å². The summed E-state index contributed by atoms with van der Waals surface area (Å²) in [4.78, 5) is 39.8. The number of piperidine rings is 1. The van der Waals surface area contributed by atoms with Crippen LogP contribution in [0.15, 0.2) is 84.9 Å². The summed E-state index contributed by atoms with van der Waals surface area (Å²) < 4.78 is 13.2. The Bertz CT molecular complexity index is 1340. The first-order valence-corrected chi connectivity index (χ1v) is 13.8. The Hall–Kier alpha value is -4.04. The molecule has 3 amide bonds. The number of rotatable bonds is 9. The summed E-state index contributed by atoms with van der Waals surface area (Å²) in [6, 6.07) is 26.0. The average Bonchev–Trinajstić information content (AvgIpc) is 3.71. The molecule has 2 atom stereocenters. The normalized spacial score (nSPS) is 21.8. The fourth-order valence-corrected chi connectivity index (χ4v) is 6.13. The number of hydrogen-bond donors (Lipinski definition) is 3. The minimum absolute atomic E-state index is 0.0233. The van der Waals surface area contributed by atoms with E-state index in [2.05, 4.69) is 15.5 Å². The lowest BCUT2D eigenvalue weighted by atomic mass is 9.80. The number of nitrogens with zero attached hydrogens (tertiary/aromatic N) is 1. The number of carbonyl (C=O) groups excluding carboxylic acids is 3. The second-order valence-electron chi connectivity index (χ2n) is 10.9. The first-order chi connectivity index (χ1) is 19.3. The third-order valence-corrected chi connectivity index (χ3v) is 8.50. The van der Waals surface area contributed by atoms with Crippen LogP contribution >= 0.6 is 0 Å². The van der Waals surface area contributed by atoms with E-state index in [1.165, 1.54) is 12.1 Å². The predicted octanol–water partition coefficient (Wildman–Crippen LogP) is 3.04. The summed E-state index contributed by atoms with van der Waals surface area (Å²) in [7, 11) is 0. The molecule has 5 rings (SSSR count). The van der Waals surface area contributed by atoms with Crippen LogP contribution in [0.25, 0.3) is 0 Å². The van der Waals surface area contributed by atoms with Crippen molar-refractivity contribution in [2.75, 3.05) is 26.2 Å². The molecule has 1 aliphatic carbocycles. The highest BCUT2D eigenvalue weighted by Crippen LogP contribution is 2.55. The summed E-state index contributed by atoms with van der Waals surface area (Å²) >= 11 is 0. The van der Waals surface area contributed by atoms with Gasteiger partial charge in [0.05, 0.1) is 11.0 Å². The number of primary amides is 1. The molecule has 1 saturated heterocycles. The van der Waals surface area contributed by atoms with E-state index >= 15 is 0 Å². The number of nitrogens with one attached hydrogen (secondary N) is 2. The number of benzene rings is 3. The molecule has 1 aliphatic heterocycles. The van der Waals surface area contributed by atoms with Gasteiger partial charge in [-0.15, -0.1) is 0 Å². The Labute approximate surface area is 233 Å². The van der Waals surface area contributed by atoms with E-state index in [0.717, 1.165) is 29.7 Å². The highest BCUT2D eigenvalue weighted by Gasteiger charge is 2.61. The van der Waals surface area contributed by atoms with Crippen molar-refractivity contribution in [2.24, 2.45) is 11.7 Å². The van der Waals surface area contributed by atoms with Crippen LogP contribution in [-0.2, 0) is 31.8 Å². The van der Waals surface area contributed by atoms with E-state index in [4.69, 9.17) is 5.73 Å². The molecule has 3 aromatic carbocycles. The molecule has 3 aromatic rings. The standard InChI is InChI=1S/C32H35FN4O3/c33-27-13-11-23(12-14-27)15-18-35-30(40)32(25-9-5-2-6-10-25)21-26(32)22-37-19-16-31(17-20-37,36-29(39)28(34)38)24-7-3-1-4-8-24/h1-14,26H,15-22H2,(H2,34,38)(H,35,40)(H,36,39)/t26-,32+/m1/s1. The molecule has 0 unspecified atom stereocenters. The molecule has 1 saturated carbocycles. The quantitative estimate of drug-likeness (QED) is 0.362. The van der Waals surface area contributed by atoms with Crippen molar-refractivity contribution in [3.8, 4) is 0 Å². The Morgan fingerprint density at radius 2 is 1.48 bits per heavy atom. The molecule has 4 N–H and O–H groups in total. The Kier molecular flexibility index (Phi) is 7.98. The second-order valence-corrected chi connectivity index (χ2v) is 10.9. The van der Waals surface area contributed by atoms with Crippen molar-refractivity contribution in [3.63, 3.8) is 0 Å². The molecule has 0 radical (unpaired) electrons. The van der Waals surface area contributed by atoms with Crippen LogP contribution in [0.1, 0.15) is 36.0 Å². The first-order valence-electron chi connectivity index (χ1n) is 13.8. The van der Waals surface area contributed by atoms with Gasteiger partial charge in [0.1, 0.15) is 5.82 Å². The Morgan fingerprint density at radius 3 is 2.08 bits per heavy atom. The number of likely N-dealkylation sites (tertiary alicyclic amines) is 1. The third kappa shape index (κ3) is 5.77. The van der Waals surface area contributed by atoms with Gasteiger partial charge in [0.25, 0.3) is 0 Å². The van der Waals surface area contributed by atoms with Gasteiger partial charge in [-0.1, -0.05) is 72.8 Å². The SMILES string of the molecule is NC(=O)C(=O)NC1(c2ccccc2)CCN(C[C@H]2C[C@]2(C(=O)NCCc2ccc(F)cc2)c2ccccc2)CC1. The van der Waals surface area contributed by atoms with Crippen LogP contribution in [0, 0.1) is 11.7 Å². The van der Waals surface area contributed by atoms with Gasteiger partial charge < -0.3 is 21.3 Å². The van der Waals surface area contributed by atoms with Gasteiger partial charge in [0.15, 0.2) is 0 Å². The molecule has 7 nitrogen and oxygen atoms in total. The van der Waals surface area contributed by atoms with Gasteiger partial charge in [0, 0.05) is 26.2 Å². The molecule has 2 fully saturated rings. The lowest BCUT2D eigenvalue weighted by Gasteiger charge is -2.43. The third-order valence-electron chi connectivity index (χ3n) is 8.50. The molecular formula is C32H35FN4O3. The Morgan fingerprint density at radius 1 is 0.875 bits per heavy atom. The lowest BCUT2D eigenvalue weighted by Crippen LogP contribution is -2.55. The number of halogens is 1. The van der Waals surface area contributed by atoms with E-state index in [1.807, 2.05) is 60.7 Å². The summed E-state index contributed by atoms with van der Waals surface area (Å²) in [6.45, 7) is 2.66. The summed E-state index contributed by atoms with van der Waals surface area (Å²) in [5.74, 6) is -1.86. The lowest BCUT2D eigenvalue weighted by molar-refractivity contribution is -0.139. The van der Waals surface area contributed by atoms with E-state index in [1.54, 1.807) is 12.1 Å². The maximum atomic E-state index is 13.6. The zero-order valence-electron chi connectivity index (χ0n) is 22.4. The second kappa shape index (κ2) is 11.6. The maximum Gasteiger partial charge on any atom is 0.309 e. The van der Waals surface area contributed by atoms with Gasteiger partial charge in [-0.3, -0.25) is 14.4 Å². The number of hydrogen-bond acceptors (Lipinski definition) is 4. The first kappa shape index (κ1) is 27.5. The Balaban J connectivity index is 1.25. The van der Waals surface area contributed by atoms with Gasteiger partial charge >= 0.3 is 11.8 Å². The fraction of sp³-hybridized carbons (Fsp3) is 0.344. The number of nitrogens with two attached hydrogens (primary N) is 1. The van der Waals surface area contributed by atoms with Crippen LogP contribution in [0.3, 0.4) is 0 Å². The zero-order valence-corrected chi connectivity index (χ0v) is 22.4. The van der Waals surface area contributed by atoms with Crippen molar-refractivity contribution in [1.29, 1.82) is 0 Å². The summed E-state index contributed by atoms with van der Waals surface area (Å²) in [6.07, 6.45) is 2.65. The van der Waals surface area contributed by atoms with E-state index in [9.17, 15) is 18.8 Å². The monoisotopic (exact) mass is 542 g/mol. The molecule has 0 spiro atoms. The minimum atomic E-state index is -0.992. The van der Waals surface area contributed by atoms with Crippen LogP contribution in [0.2, 0.25) is 0 Å². The van der Waals surface area contributed by atoms with Gasteiger partial charge in [-0.2, -0.15) is 0 Å². The van der Waals surface area contributed by atoms with E-state index < -0.39 is 22.8 Å². The van der Waals surface area contributed by atoms with Gasteiger partial charge in [-0.05, 0) is 60.4 Å². The van der Waals surface area contributed by atoms with Crippen molar-refractivity contribution in [1.82, 2.24) is 15.5 Å². The van der Waals surface area contributed by atoms with Gasteiger partial charge in [-0.25, -0.2) is 4.39 Å². The topological polar surface area (TPSA) is 105 Å². The molecule has 0 bridgehead atoms. The highest BCUT2D eigenvalue weighted by atomic mass is 19.1. The molecule has 208 valence electrons. The predicted molar refractivity (Wildman–Crippen MR) is 150 cm³/mol. The van der Waals surface area contributed by atoms with Crippen LogP contribution < -0.4 is 16.4 Å². The zero-order chi connectivity index (χ0) is 28.2. The summed E-state index contributed by atoms with van der Waals surface area (Å²) in [5.41, 5.74) is 6.96. The molecule has 0 aromatic heterocycles. The number of carbonyl (C=O) groups is 3. The fourth-order valence-electron chi connectivity index (χ4n) is 6.13. The number of amides is 3. The smallest absolute Gasteiger partial charge is 0.309 e. The van der Waals surface area contributed by atoms with Crippen molar-refractivity contribution < 1.29 is 18.8 Å². The van der Waals surface area contributed by atoms with Crippen molar-refractivity contribution >= 4 is 17.7 Å². The van der Waals surface area contributed by atoms with Crippen LogP contribution in [0.5, 0.6) is 0 Å². The maximum absolute atomic E-state index is 13.6. The van der Waals surface area contributed by atoms with Crippen molar-refractivity contribution in [3.05, 3.63) is 107 Å². The molecule has 40 heavy (non-hydrogen) atoms. The van der Waals surface area contributed by atoms with E-state index in [-0.39, 0.29) is 17.6 Å². The molecule has 2 aliphatic rings. The van der Waals surface area contributed by atoms with Gasteiger partial charge in [0.2, 0.25) is 5.91 Å². The summed E-state index contributed by atoms with van der Waals surface area (Å²) in [5, 5.41) is 6.05. The van der Waals surface area contributed by atoms with E-state index in [0.29, 0.717) is 38.9 Å². The largest absolute Gasteiger partial charge is 0.361 e. The molecule has 1 heterocycles. The molecular weight excluding hydrogens is 507 g/mol. The molecule has 8 heteroatoms. The van der Waals surface area contributed by atoms with Crippen LogP contribution in [-0.4, -0.2) is 48.8 Å². The average molecular weight is 543 g/mol. The highest BCUT2D eigenvalue weighted by molar-refractivity contribution is 6.34. The minimum Gasteiger partial charge on any atom is -0.361 e.